The Hall–Kier alpha value is -2.61. The maximum absolute atomic E-state index is 12.7. The van der Waals surface area contributed by atoms with Crippen molar-refractivity contribution in [3.63, 3.8) is 0 Å². The third-order valence-corrected chi connectivity index (χ3v) is 6.06. The SMILES string of the molecule is Cc1cccc(C)c1NS(=O)(=O)c1ccc(NC(=O)c2ccc(Cl)nc2Cl)cc1. The zero-order valence-electron chi connectivity index (χ0n) is 15.5. The van der Waals surface area contributed by atoms with Crippen molar-refractivity contribution in [3.8, 4) is 0 Å². The number of para-hydroxylation sites is 1. The van der Waals surface area contributed by atoms with Crippen molar-refractivity contribution in [2.24, 2.45) is 0 Å². The van der Waals surface area contributed by atoms with Gasteiger partial charge >= 0.3 is 0 Å². The Morgan fingerprint density at radius 2 is 1.55 bits per heavy atom. The largest absolute Gasteiger partial charge is 0.322 e. The van der Waals surface area contributed by atoms with E-state index in [0.717, 1.165) is 11.1 Å². The third kappa shape index (κ3) is 4.87. The Balaban J connectivity index is 1.78. The van der Waals surface area contributed by atoms with Gasteiger partial charge in [0.25, 0.3) is 15.9 Å². The molecule has 150 valence electrons. The van der Waals surface area contributed by atoms with Gasteiger partial charge in [0.1, 0.15) is 10.3 Å². The fraction of sp³-hybridized carbons (Fsp3) is 0.100. The van der Waals surface area contributed by atoms with Gasteiger partial charge in [0.15, 0.2) is 0 Å². The number of halogens is 2. The number of nitrogens with zero attached hydrogens (tertiary/aromatic N) is 1. The fourth-order valence-corrected chi connectivity index (χ4v) is 4.30. The van der Waals surface area contributed by atoms with E-state index in [0.29, 0.717) is 11.4 Å². The minimum absolute atomic E-state index is 0.0213. The number of benzene rings is 2. The van der Waals surface area contributed by atoms with Gasteiger partial charge < -0.3 is 5.32 Å². The summed E-state index contributed by atoms with van der Waals surface area (Å²) in [6.07, 6.45) is 0. The lowest BCUT2D eigenvalue weighted by Gasteiger charge is -2.13. The van der Waals surface area contributed by atoms with Gasteiger partial charge in [0.2, 0.25) is 0 Å². The maximum atomic E-state index is 12.7. The topological polar surface area (TPSA) is 88.2 Å². The summed E-state index contributed by atoms with van der Waals surface area (Å²) >= 11 is 11.7. The number of hydrogen-bond acceptors (Lipinski definition) is 4. The van der Waals surface area contributed by atoms with Crippen LogP contribution in [0.25, 0.3) is 0 Å². The molecule has 0 aliphatic rings. The second-order valence-corrected chi connectivity index (χ2v) is 8.75. The van der Waals surface area contributed by atoms with Crippen LogP contribution in [0.3, 0.4) is 0 Å². The minimum atomic E-state index is -3.78. The Morgan fingerprint density at radius 1 is 0.931 bits per heavy atom. The molecule has 3 aromatic rings. The number of anilines is 2. The van der Waals surface area contributed by atoms with Gasteiger partial charge in [-0.2, -0.15) is 0 Å². The number of carbonyl (C=O) groups is 1. The highest BCUT2D eigenvalue weighted by Gasteiger charge is 2.17. The lowest BCUT2D eigenvalue weighted by atomic mass is 10.1. The van der Waals surface area contributed by atoms with Gasteiger partial charge in [-0.1, -0.05) is 41.4 Å². The quantitative estimate of drug-likeness (QED) is 0.532. The summed E-state index contributed by atoms with van der Waals surface area (Å²) in [6, 6.07) is 14.3. The first-order valence-electron chi connectivity index (χ1n) is 8.50. The lowest BCUT2D eigenvalue weighted by molar-refractivity contribution is 0.102. The zero-order valence-corrected chi connectivity index (χ0v) is 17.9. The fourth-order valence-electron chi connectivity index (χ4n) is 2.67. The molecule has 2 aromatic carbocycles. The number of pyridine rings is 1. The third-order valence-electron chi connectivity index (χ3n) is 4.20. The van der Waals surface area contributed by atoms with Crippen molar-refractivity contribution < 1.29 is 13.2 Å². The Kier molecular flexibility index (Phi) is 6.12. The lowest BCUT2D eigenvalue weighted by Crippen LogP contribution is -2.15. The van der Waals surface area contributed by atoms with Gasteiger partial charge in [-0.15, -0.1) is 0 Å². The van der Waals surface area contributed by atoms with Crippen LogP contribution in [-0.2, 0) is 10.0 Å². The standard InChI is InChI=1S/C20H17Cl2N3O3S/c1-12-4-3-5-13(2)18(12)25-29(27,28)15-8-6-14(7-9-15)23-20(26)16-10-11-17(21)24-19(16)22/h3-11,25H,1-2H3,(H,23,26). The summed E-state index contributed by atoms with van der Waals surface area (Å²) in [5.74, 6) is -0.483. The summed E-state index contributed by atoms with van der Waals surface area (Å²) in [7, 11) is -3.78. The number of amides is 1. The monoisotopic (exact) mass is 449 g/mol. The molecule has 0 spiro atoms. The molecule has 1 amide bonds. The van der Waals surface area contributed by atoms with E-state index in [-0.39, 0.29) is 20.8 Å². The average molecular weight is 450 g/mol. The van der Waals surface area contributed by atoms with E-state index in [1.165, 1.54) is 36.4 Å². The molecule has 2 N–H and O–H groups in total. The molecule has 0 unspecified atom stereocenters. The van der Waals surface area contributed by atoms with Crippen LogP contribution in [0, 0.1) is 13.8 Å². The van der Waals surface area contributed by atoms with E-state index >= 15 is 0 Å². The Morgan fingerprint density at radius 3 is 2.14 bits per heavy atom. The number of rotatable bonds is 5. The van der Waals surface area contributed by atoms with Crippen molar-refractivity contribution in [2.45, 2.75) is 18.7 Å². The minimum Gasteiger partial charge on any atom is -0.322 e. The van der Waals surface area contributed by atoms with Crippen LogP contribution in [-0.4, -0.2) is 19.3 Å². The summed E-state index contributed by atoms with van der Waals surface area (Å²) in [5, 5.41) is 2.80. The van der Waals surface area contributed by atoms with E-state index in [4.69, 9.17) is 23.2 Å². The van der Waals surface area contributed by atoms with E-state index in [1.54, 1.807) is 0 Å². The highest BCUT2D eigenvalue weighted by atomic mass is 35.5. The smallest absolute Gasteiger partial charge is 0.261 e. The number of aryl methyl sites for hydroxylation is 2. The number of carbonyl (C=O) groups excluding carboxylic acids is 1. The van der Waals surface area contributed by atoms with Crippen LogP contribution in [0.5, 0.6) is 0 Å². The van der Waals surface area contributed by atoms with Crippen LogP contribution in [0.2, 0.25) is 10.3 Å². The van der Waals surface area contributed by atoms with Crippen LogP contribution in [0.15, 0.2) is 59.5 Å². The van der Waals surface area contributed by atoms with Crippen LogP contribution in [0.1, 0.15) is 21.5 Å². The predicted molar refractivity (Wildman–Crippen MR) is 115 cm³/mol. The van der Waals surface area contributed by atoms with E-state index in [9.17, 15) is 13.2 Å². The molecule has 0 aliphatic carbocycles. The summed E-state index contributed by atoms with van der Waals surface area (Å²) in [4.78, 5) is 16.2. The van der Waals surface area contributed by atoms with Crippen LogP contribution < -0.4 is 10.0 Å². The molecular weight excluding hydrogens is 433 g/mol. The highest BCUT2D eigenvalue weighted by molar-refractivity contribution is 7.92. The molecule has 6 nitrogen and oxygen atoms in total. The molecule has 0 fully saturated rings. The van der Waals surface area contributed by atoms with Gasteiger partial charge in [0, 0.05) is 5.69 Å². The van der Waals surface area contributed by atoms with Gasteiger partial charge in [-0.25, -0.2) is 13.4 Å². The van der Waals surface area contributed by atoms with E-state index in [2.05, 4.69) is 15.0 Å². The van der Waals surface area contributed by atoms with Gasteiger partial charge in [-0.3, -0.25) is 9.52 Å². The average Bonchev–Trinajstić information content (AvgIpc) is 2.65. The molecule has 0 atom stereocenters. The molecular formula is C20H17Cl2N3O3S. The molecule has 0 aliphatic heterocycles. The highest BCUT2D eigenvalue weighted by Crippen LogP contribution is 2.24. The summed E-state index contributed by atoms with van der Waals surface area (Å²) in [6.45, 7) is 3.67. The first-order valence-corrected chi connectivity index (χ1v) is 10.7. The van der Waals surface area contributed by atoms with Crippen LogP contribution in [0.4, 0.5) is 11.4 Å². The van der Waals surface area contributed by atoms with Crippen molar-refractivity contribution in [3.05, 3.63) is 81.6 Å². The first kappa shape index (κ1) is 21.1. The number of hydrogen-bond donors (Lipinski definition) is 2. The summed E-state index contributed by atoms with van der Waals surface area (Å²) < 4.78 is 28.0. The predicted octanol–water partition coefficient (Wildman–Crippen LogP) is 5.06. The van der Waals surface area contributed by atoms with Crippen molar-refractivity contribution in [1.82, 2.24) is 4.98 Å². The Bertz CT molecular complexity index is 1160. The Labute approximate surface area is 178 Å². The van der Waals surface area contributed by atoms with Crippen molar-refractivity contribution >= 4 is 50.5 Å². The molecule has 0 bridgehead atoms. The molecule has 1 heterocycles. The zero-order chi connectivity index (χ0) is 21.2. The molecule has 29 heavy (non-hydrogen) atoms. The second-order valence-electron chi connectivity index (χ2n) is 6.32. The van der Waals surface area contributed by atoms with Crippen molar-refractivity contribution in [2.75, 3.05) is 10.0 Å². The van der Waals surface area contributed by atoms with Crippen LogP contribution >= 0.6 is 23.2 Å². The number of nitrogens with one attached hydrogen (secondary N) is 2. The molecule has 0 radical (unpaired) electrons. The molecule has 0 saturated carbocycles. The molecule has 3 rings (SSSR count). The maximum Gasteiger partial charge on any atom is 0.261 e. The van der Waals surface area contributed by atoms with E-state index in [1.807, 2.05) is 32.0 Å². The molecule has 9 heteroatoms. The van der Waals surface area contributed by atoms with Gasteiger partial charge in [-0.05, 0) is 61.4 Å². The summed E-state index contributed by atoms with van der Waals surface area (Å²) in [5.41, 5.74) is 2.77. The van der Waals surface area contributed by atoms with Gasteiger partial charge in [0.05, 0.1) is 16.1 Å². The molecule has 1 aromatic heterocycles. The first-order chi connectivity index (χ1) is 13.7. The molecule has 0 saturated heterocycles. The number of sulfonamides is 1. The second kappa shape index (κ2) is 8.41. The van der Waals surface area contributed by atoms with E-state index < -0.39 is 15.9 Å². The number of aromatic nitrogens is 1. The normalized spacial score (nSPS) is 11.2. The van der Waals surface area contributed by atoms with Crippen molar-refractivity contribution in [1.29, 1.82) is 0 Å².